The van der Waals surface area contributed by atoms with Crippen molar-refractivity contribution in [3.05, 3.63) is 57.0 Å². The van der Waals surface area contributed by atoms with Gasteiger partial charge in [0, 0.05) is 45.7 Å². The molecule has 0 unspecified atom stereocenters. The van der Waals surface area contributed by atoms with E-state index in [9.17, 15) is 0 Å². The van der Waals surface area contributed by atoms with Gasteiger partial charge in [-0.3, -0.25) is 0 Å². The van der Waals surface area contributed by atoms with Crippen LogP contribution in [0.1, 0.15) is 25.0 Å². The molecule has 0 saturated carbocycles. The van der Waals surface area contributed by atoms with Crippen LogP contribution < -0.4 is 14.8 Å². The highest BCUT2D eigenvalue weighted by molar-refractivity contribution is 9.10. The van der Waals surface area contributed by atoms with Gasteiger partial charge in [0.15, 0.2) is 0 Å². The van der Waals surface area contributed by atoms with Crippen LogP contribution in [0.2, 0.25) is 5.02 Å². The van der Waals surface area contributed by atoms with Crippen molar-refractivity contribution >= 4 is 27.5 Å². The quantitative estimate of drug-likeness (QED) is 0.440. The Morgan fingerprint density at radius 1 is 1.10 bits per heavy atom. The van der Waals surface area contributed by atoms with Crippen molar-refractivity contribution in [1.29, 1.82) is 0 Å². The Morgan fingerprint density at radius 2 is 1.80 bits per heavy atom. The van der Waals surface area contributed by atoms with E-state index in [4.69, 9.17) is 21.1 Å². The average molecular weight is 497 g/mol. The van der Waals surface area contributed by atoms with Crippen molar-refractivity contribution in [3.8, 4) is 11.5 Å². The van der Waals surface area contributed by atoms with Crippen LogP contribution in [-0.2, 0) is 13.2 Å². The molecule has 30 heavy (non-hydrogen) atoms. The largest absolute Gasteiger partial charge is 0.493 e. The maximum absolute atomic E-state index is 6.16. The first-order valence-corrected chi connectivity index (χ1v) is 11.7. The predicted molar refractivity (Wildman–Crippen MR) is 127 cm³/mol. The van der Waals surface area contributed by atoms with Crippen molar-refractivity contribution in [2.45, 2.75) is 27.0 Å². The molecule has 1 heterocycles. The van der Waals surface area contributed by atoms with E-state index >= 15 is 0 Å². The summed E-state index contributed by atoms with van der Waals surface area (Å²) in [5.74, 6) is 2.94. The maximum atomic E-state index is 6.16. The Balaban J connectivity index is 1.74. The molecule has 1 aliphatic heterocycles. The van der Waals surface area contributed by atoms with Gasteiger partial charge in [-0.15, -0.1) is 0 Å². The smallest absolute Gasteiger partial charge is 0.124 e. The Labute approximate surface area is 194 Å². The van der Waals surface area contributed by atoms with E-state index in [1.165, 1.54) is 5.56 Å². The molecular weight excluding hydrogens is 464 g/mol. The number of nitrogens with one attached hydrogen (secondary N) is 1. The predicted octanol–water partition coefficient (Wildman–Crippen LogP) is 5.51. The van der Waals surface area contributed by atoms with Crippen LogP contribution >= 0.6 is 27.5 Å². The summed E-state index contributed by atoms with van der Waals surface area (Å²) >= 11 is 9.62. The van der Waals surface area contributed by atoms with Gasteiger partial charge in [0.2, 0.25) is 0 Å². The third-order valence-electron chi connectivity index (χ3n) is 5.16. The van der Waals surface area contributed by atoms with Crippen LogP contribution in [-0.4, -0.2) is 44.8 Å². The zero-order valence-corrected chi connectivity index (χ0v) is 20.7. The molecule has 6 heteroatoms. The van der Waals surface area contributed by atoms with Crippen LogP contribution in [0.3, 0.4) is 0 Å². The summed E-state index contributed by atoms with van der Waals surface area (Å²) in [6.45, 7) is 9.84. The fourth-order valence-electron chi connectivity index (χ4n) is 3.69. The molecule has 1 aliphatic rings. The number of quaternary nitrogens is 1. The molecule has 3 rings (SSSR count). The molecule has 0 atom stereocenters. The standard InChI is InChI=1S/C24H33BrClN2O2/c1-17(2)15-29-22-7-18(13-28(3,4)14-19-11-27-12-19)8-23(10-22)30-16-20-5-6-21(26)9-24(20)25/h5-10,17,19,27H,11-16H2,1-4H3/q+1. The summed E-state index contributed by atoms with van der Waals surface area (Å²) in [5, 5.41) is 4.08. The fraction of sp³-hybridized carbons (Fsp3) is 0.500. The second-order valence-electron chi connectivity index (χ2n) is 9.34. The number of hydrogen-bond donors (Lipinski definition) is 1. The average Bonchev–Trinajstić information content (AvgIpc) is 2.62. The van der Waals surface area contributed by atoms with Crippen molar-refractivity contribution in [1.82, 2.24) is 5.32 Å². The maximum Gasteiger partial charge on any atom is 0.124 e. The first-order valence-electron chi connectivity index (χ1n) is 10.6. The number of benzene rings is 2. The Bertz CT molecular complexity index is 853. The molecule has 0 bridgehead atoms. The third-order valence-corrected chi connectivity index (χ3v) is 6.13. The first kappa shape index (κ1) is 23.4. The summed E-state index contributed by atoms with van der Waals surface area (Å²) in [6.07, 6.45) is 0. The van der Waals surface area contributed by atoms with Crippen LogP contribution in [0.25, 0.3) is 0 Å². The van der Waals surface area contributed by atoms with Crippen molar-refractivity contribution in [3.63, 3.8) is 0 Å². The van der Waals surface area contributed by atoms with E-state index in [0.29, 0.717) is 24.2 Å². The van der Waals surface area contributed by atoms with Gasteiger partial charge in [-0.2, -0.15) is 0 Å². The van der Waals surface area contributed by atoms with Crippen molar-refractivity contribution < 1.29 is 14.0 Å². The highest BCUT2D eigenvalue weighted by Gasteiger charge is 2.27. The minimum Gasteiger partial charge on any atom is -0.493 e. The molecule has 0 radical (unpaired) electrons. The Kier molecular flexibility index (Phi) is 8.08. The van der Waals surface area contributed by atoms with E-state index in [2.05, 4.69) is 61.3 Å². The van der Waals surface area contributed by atoms with E-state index in [0.717, 1.165) is 58.1 Å². The van der Waals surface area contributed by atoms with Crippen LogP contribution in [0.15, 0.2) is 40.9 Å². The number of ether oxygens (including phenoxy) is 2. The lowest BCUT2D eigenvalue weighted by molar-refractivity contribution is -0.907. The minimum atomic E-state index is 0.469. The molecule has 0 aromatic heterocycles. The number of hydrogen-bond acceptors (Lipinski definition) is 3. The SMILES string of the molecule is CC(C)COc1cc(C[N+](C)(C)CC2CNC2)cc(OCc2ccc(Cl)cc2Br)c1. The van der Waals surface area contributed by atoms with Gasteiger partial charge in [0.25, 0.3) is 0 Å². The molecule has 1 fully saturated rings. The molecule has 1 saturated heterocycles. The molecule has 0 aliphatic carbocycles. The lowest BCUT2D eigenvalue weighted by Gasteiger charge is -2.37. The molecule has 2 aromatic carbocycles. The van der Waals surface area contributed by atoms with Gasteiger partial charge in [-0.1, -0.05) is 47.4 Å². The highest BCUT2D eigenvalue weighted by atomic mass is 79.9. The van der Waals surface area contributed by atoms with Gasteiger partial charge in [0.1, 0.15) is 24.7 Å². The summed E-state index contributed by atoms with van der Waals surface area (Å²) in [4.78, 5) is 0. The van der Waals surface area contributed by atoms with E-state index < -0.39 is 0 Å². The second-order valence-corrected chi connectivity index (χ2v) is 10.6. The van der Waals surface area contributed by atoms with Crippen LogP contribution in [0.4, 0.5) is 0 Å². The molecule has 1 N–H and O–H groups in total. The summed E-state index contributed by atoms with van der Waals surface area (Å²) in [5.41, 5.74) is 2.29. The normalized spacial score (nSPS) is 14.6. The molecular formula is C24H33BrClN2O2+. The molecule has 2 aromatic rings. The monoisotopic (exact) mass is 495 g/mol. The Hall–Kier alpha value is -1.27. The first-order chi connectivity index (χ1) is 14.2. The van der Waals surface area contributed by atoms with E-state index in [-0.39, 0.29) is 0 Å². The lowest BCUT2D eigenvalue weighted by Crippen LogP contribution is -2.53. The number of halogens is 2. The van der Waals surface area contributed by atoms with E-state index in [1.807, 2.05) is 24.3 Å². The third kappa shape index (κ3) is 7.16. The topological polar surface area (TPSA) is 30.5 Å². The number of nitrogens with zero attached hydrogens (tertiary/aromatic N) is 1. The van der Waals surface area contributed by atoms with Gasteiger partial charge in [0.05, 0.1) is 27.2 Å². The van der Waals surface area contributed by atoms with Gasteiger partial charge in [-0.05, 0) is 30.2 Å². The molecule has 0 amide bonds. The highest BCUT2D eigenvalue weighted by Crippen LogP contribution is 2.28. The van der Waals surface area contributed by atoms with Crippen LogP contribution in [0, 0.1) is 11.8 Å². The van der Waals surface area contributed by atoms with Gasteiger partial charge in [-0.25, -0.2) is 0 Å². The Morgan fingerprint density at radius 3 is 2.40 bits per heavy atom. The summed E-state index contributed by atoms with van der Waals surface area (Å²) in [7, 11) is 4.59. The molecule has 164 valence electrons. The van der Waals surface area contributed by atoms with Gasteiger partial charge >= 0.3 is 0 Å². The fourth-order valence-corrected chi connectivity index (χ4v) is 4.48. The zero-order chi connectivity index (χ0) is 21.7. The number of rotatable bonds is 10. The van der Waals surface area contributed by atoms with Gasteiger partial charge < -0.3 is 19.3 Å². The summed E-state index contributed by atoms with van der Waals surface area (Å²) < 4.78 is 14.1. The van der Waals surface area contributed by atoms with E-state index in [1.54, 1.807) is 0 Å². The summed E-state index contributed by atoms with van der Waals surface area (Å²) in [6, 6.07) is 12.1. The van der Waals surface area contributed by atoms with Crippen LogP contribution in [0.5, 0.6) is 11.5 Å². The lowest BCUT2D eigenvalue weighted by atomic mass is 10.0. The molecule has 4 nitrogen and oxygen atoms in total. The zero-order valence-electron chi connectivity index (χ0n) is 18.4. The van der Waals surface area contributed by atoms with Crippen molar-refractivity contribution in [2.24, 2.45) is 11.8 Å². The van der Waals surface area contributed by atoms with Crippen molar-refractivity contribution in [2.75, 3.05) is 40.3 Å². The minimum absolute atomic E-state index is 0.469. The second kappa shape index (κ2) is 10.4. The molecule has 0 spiro atoms.